The van der Waals surface area contributed by atoms with Crippen LogP contribution >= 0.6 is 0 Å². The molecule has 146 valence electrons. The molecule has 0 saturated carbocycles. The van der Waals surface area contributed by atoms with Gasteiger partial charge in [-0.2, -0.15) is 17.0 Å². The summed E-state index contributed by atoms with van der Waals surface area (Å²) < 4.78 is 29.0. The highest BCUT2D eigenvalue weighted by Crippen LogP contribution is 2.20. The number of amides is 1. The van der Waals surface area contributed by atoms with E-state index in [-0.39, 0.29) is 18.4 Å². The van der Waals surface area contributed by atoms with Gasteiger partial charge in [-0.15, -0.1) is 0 Å². The molecule has 1 atom stereocenters. The largest absolute Gasteiger partial charge is 0.352 e. The smallest absolute Gasteiger partial charge is 0.281 e. The predicted molar refractivity (Wildman–Crippen MR) is 102 cm³/mol. The summed E-state index contributed by atoms with van der Waals surface area (Å²) in [6, 6.07) is 7.85. The molecule has 27 heavy (non-hydrogen) atoms. The van der Waals surface area contributed by atoms with E-state index in [1.165, 1.54) is 22.7 Å². The monoisotopic (exact) mass is 391 g/mol. The van der Waals surface area contributed by atoms with Crippen molar-refractivity contribution in [2.45, 2.75) is 19.4 Å². The van der Waals surface area contributed by atoms with Crippen molar-refractivity contribution < 1.29 is 13.2 Å². The quantitative estimate of drug-likeness (QED) is 0.796. The van der Waals surface area contributed by atoms with Crippen LogP contribution in [-0.2, 0) is 21.5 Å². The number of benzene rings is 1. The topological polar surface area (TPSA) is 87.5 Å². The summed E-state index contributed by atoms with van der Waals surface area (Å²) in [5.74, 6) is -0.425. The lowest BCUT2D eigenvalue weighted by atomic mass is 9.99. The zero-order valence-corrected chi connectivity index (χ0v) is 16.4. The summed E-state index contributed by atoms with van der Waals surface area (Å²) in [5, 5.41) is 2.93. The number of piperidine rings is 1. The Balaban J connectivity index is 1.56. The van der Waals surface area contributed by atoms with E-state index in [4.69, 9.17) is 0 Å². The number of carbonyl (C=O) groups excluding carboxylic acids is 1. The normalized spacial score (nSPS) is 18.6. The third-order valence-electron chi connectivity index (χ3n) is 4.75. The van der Waals surface area contributed by atoms with E-state index >= 15 is 0 Å². The van der Waals surface area contributed by atoms with Crippen LogP contribution in [0.15, 0.2) is 43.0 Å². The fourth-order valence-corrected chi connectivity index (χ4v) is 4.32. The van der Waals surface area contributed by atoms with E-state index in [1.807, 2.05) is 35.0 Å². The van der Waals surface area contributed by atoms with E-state index in [0.717, 1.165) is 11.3 Å². The lowest BCUT2D eigenvalue weighted by molar-refractivity contribution is -0.126. The SMILES string of the molecule is CN(C)S(=O)(=O)N1CCC[C@@H](C(=O)NCc2ccc(-n3ccnc3)cc2)C1. The van der Waals surface area contributed by atoms with Crippen molar-refractivity contribution in [2.75, 3.05) is 27.2 Å². The van der Waals surface area contributed by atoms with Gasteiger partial charge in [0.05, 0.1) is 12.2 Å². The minimum atomic E-state index is -3.48. The molecule has 0 aliphatic carbocycles. The number of rotatable bonds is 6. The first kappa shape index (κ1) is 19.5. The highest BCUT2D eigenvalue weighted by atomic mass is 32.2. The molecule has 2 heterocycles. The van der Waals surface area contributed by atoms with E-state index in [9.17, 15) is 13.2 Å². The first-order chi connectivity index (χ1) is 12.9. The number of imidazole rings is 1. The Morgan fingerprint density at radius 3 is 2.67 bits per heavy atom. The summed E-state index contributed by atoms with van der Waals surface area (Å²) in [6.07, 6.45) is 6.70. The molecule has 9 heteroatoms. The molecule has 2 aromatic rings. The lowest BCUT2D eigenvalue weighted by Gasteiger charge is -2.32. The van der Waals surface area contributed by atoms with Gasteiger partial charge in [0.2, 0.25) is 5.91 Å². The van der Waals surface area contributed by atoms with Crippen molar-refractivity contribution in [1.29, 1.82) is 0 Å². The molecule has 1 saturated heterocycles. The minimum Gasteiger partial charge on any atom is -0.352 e. The molecule has 0 unspecified atom stereocenters. The molecular formula is C18H25N5O3S. The number of hydrogen-bond acceptors (Lipinski definition) is 4. The van der Waals surface area contributed by atoms with Crippen LogP contribution < -0.4 is 5.32 Å². The molecule has 3 rings (SSSR count). The summed E-state index contributed by atoms with van der Waals surface area (Å²) in [4.78, 5) is 16.5. The van der Waals surface area contributed by atoms with E-state index in [2.05, 4.69) is 10.3 Å². The van der Waals surface area contributed by atoms with Gasteiger partial charge in [-0.05, 0) is 30.5 Å². The Labute approximate surface area is 160 Å². The van der Waals surface area contributed by atoms with Gasteiger partial charge >= 0.3 is 0 Å². The maximum atomic E-state index is 12.5. The van der Waals surface area contributed by atoms with Crippen LogP contribution in [0.5, 0.6) is 0 Å². The van der Waals surface area contributed by atoms with Crippen molar-refractivity contribution in [1.82, 2.24) is 23.5 Å². The molecule has 0 radical (unpaired) electrons. The lowest BCUT2D eigenvalue weighted by Crippen LogP contribution is -2.48. The van der Waals surface area contributed by atoms with Gasteiger partial charge in [0.15, 0.2) is 0 Å². The molecule has 1 aromatic carbocycles. The summed E-state index contributed by atoms with van der Waals surface area (Å²) >= 11 is 0. The standard InChI is InChI=1S/C18H25N5O3S/c1-21(2)27(25,26)23-10-3-4-16(13-23)18(24)20-12-15-5-7-17(8-6-15)22-11-9-19-14-22/h5-9,11,14,16H,3-4,10,12-13H2,1-2H3,(H,20,24)/t16-/m1/s1. The Hall–Kier alpha value is -2.23. The Bertz CT molecular complexity index is 863. The van der Waals surface area contributed by atoms with Gasteiger partial charge in [0, 0.05) is 51.8 Å². The van der Waals surface area contributed by atoms with Gasteiger partial charge in [0.25, 0.3) is 10.2 Å². The number of nitrogens with zero attached hydrogens (tertiary/aromatic N) is 4. The predicted octanol–water partition coefficient (Wildman–Crippen LogP) is 1.01. The first-order valence-electron chi connectivity index (χ1n) is 8.90. The highest BCUT2D eigenvalue weighted by Gasteiger charge is 2.33. The Morgan fingerprint density at radius 1 is 1.30 bits per heavy atom. The summed E-state index contributed by atoms with van der Waals surface area (Å²) in [6.45, 7) is 1.10. The summed E-state index contributed by atoms with van der Waals surface area (Å²) in [5.41, 5.74) is 1.99. The van der Waals surface area contributed by atoms with Crippen molar-refractivity contribution >= 4 is 16.1 Å². The van der Waals surface area contributed by atoms with Crippen molar-refractivity contribution in [3.05, 3.63) is 48.5 Å². The average Bonchev–Trinajstić information content (AvgIpc) is 3.21. The van der Waals surface area contributed by atoms with Crippen LogP contribution in [0.3, 0.4) is 0 Å². The van der Waals surface area contributed by atoms with Gasteiger partial charge in [-0.3, -0.25) is 4.79 Å². The van der Waals surface area contributed by atoms with Crippen LogP contribution in [0.1, 0.15) is 18.4 Å². The van der Waals surface area contributed by atoms with Crippen LogP contribution in [0.4, 0.5) is 0 Å². The molecule has 1 aromatic heterocycles. The number of aromatic nitrogens is 2. The third kappa shape index (κ3) is 4.55. The van der Waals surface area contributed by atoms with Gasteiger partial charge < -0.3 is 9.88 Å². The molecule has 1 fully saturated rings. The van der Waals surface area contributed by atoms with Crippen LogP contribution in [0.25, 0.3) is 5.69 Å². The average molecular weight is 391 g/mol. The second-order valence-electron chi connectivity index (χ2n) is 6.84. The van der Waals surface area contributed by atoms with Crippen LogP contribution in [0, 0.1) is 5.92 Å². The van der Waals surface area contributed by atoms with Crippen molar-refractivity contribution in [3.63, 3.8) is 0 Å². The summed E-state index contributed by atoms with van der Waals surface area (Å²) in [7, 11) is -0.468. The molecule has 8 nitrogen and oxygen atoms in total. The Kier molecular flexibility index (Phi) is 5.93. The zero-order valence-electron chi connectivity index (χ0n) is 15.6. The van der Waals surface area contributed by atoms with Crippen molar-refractivity contribution in [3.8, 4) is 5.69 Å². The maximum absolute atomic E-state index is 12.5. The number of hydrogen-bond donors (Lipinski definition) is 1. The number of nitrogens with one attached hydrogen (secondary N) is 1. The van der Waals surface area contributed by atoms with Crippen LogP contribution in [0.2, 0.25) is 0 Å². The zero-order chi connectivity index (χ0) is 19.4. The molecule has 1 aliphatic rings. The fraction of sp³-hybridized carbons (Fsp3) is 0.444. The van der Waals surface area contributed by atoms with Gasteiger partial charge in [-0.25, -0.2) is 4.98 Å². The second kappa shape index (κ2) is 8.20. The van der Waals surface area contributed by atoms with E-state index in [1.54, 1.807) is 12.5 Å². The minimum absolute atomic E-state index is 0.104. The number of carbonyl (C=O) groups is 1. The Morgan fingerprint density at radius 2 is 2.04 bits per heavy atom. The molecule has 0 bridgehead atoms. The molecule has 0 spiro atoms. The fourth-order valence-electron chi connectivity index (χ4n) is 3.13. The van der Waals surface area contributed by atoms with Crippen molar-refractivity contribution in [2.24, 2.45) is 5.92 Å². The van der Waals surface area contributed by atoms with E-state index < -0.39 is 10.2 Å². The van der Waals surface area contributed by atoms with E-state index in [0.29, 0.717) is 25.9 Å². The maximum Gasteiger partial charge on any atom is 0.281 e. The molecule has 1 N–H and O–H groups in total. The molecular weight excluding hydrogens is 366 g/mol. The molecule has 1 amide bonds. The highest BCUT2D eigenvalue weighted by molar-refractivity contribution is 7.86. The van der Waals surface area contributed by atoms with Crippen LogP contribution in [-0.4, -0.2) is 59.7 Å². The second-order valence-corrected chi connectivity index (χ2v) is 8.98. The molecule has 1 aliphatic heterocycles. The third-order valence-corrected chi connectivity index (χ3v) is 6.66. The van der Waals surface area contributed by atoms with Gasteiger partial charge in [-0.1, -0.05) is 12.1 Å². The van der Waals surface area contributed by atoms with Gasteiger partial charge in [0.1, 0.15) is 0 Å². The first-order valence-corrected chi connectivity index (χ1v) is 10.3.